The second-order valence-electron chi connectivity index (χ2n) is 10.5. The van der Waals surface area contributed by atoms with Crippen LogP contribution < -0.4 is 4.90 Å². The van der Waals surface area contributed by atoms with E-state index in [4.69, 9.17) is 0 Å². The van der Waals surface area contributed by atoms with Crippen LogP contribution in [0.1, 0.15) is 30.9 Å². The number of carbonyl (C=O) groups is 3. The highest BCUT2D eigenvalue weighted by atomic mass is 32.2. The summed E-state index contributed by atoms with van der Waals surface area (Å²) in [5.74, 6) is -1.60. The lowest BCUT2D eigenvalue weighted by Crippen LogP contribution is -2.55. The number of benzene rings is 1. The van der Waals surface area contributed by atoms with E-state index in [0.29, 0.717) is 19.5 Å². The van der Waals surface area contributed by atoms with Crippen molar-refractivity contribution < 1.29 is 19.5 Å². The molecule has 36 heavy (non-hydrogen) atoms. The Morgan fingerprint density at radius 2 is 1.81 bits per heavy atom. The van der Waals surface area contributed by atoms with E-state index >= 15 is 0 Å². The standard InChI is InChI=1S/C28H37N3O4S/c1-7-14-29(6)24(33)20-21-25(34)31(16-17-32)23(28(21)13-12-27(20,5)36-28)26(35)30(15-8-2)22-18(3)10-9-11-19(22)4/h7-11,20-21,23,32H,1-2,12-17H2,3-6H3/t20-,21-,23?,27+,28?/m0/s1. The Labute approximate surface area is 218 Å². The first-order valence-electron chi connectivity index (χ1n) is 12.5. The lowest BCUT2D eigenvalue weighted by atomic mass is 9.66. The lowest BCUT2D eigenvalue weighted by molar-refractivity contribution is -0.144. The zero-order chi connectivity index (χ0) is 26.4. The molecule has 3 aliphatic heterocycles. The number of aliphatic hydroxyl groups is 1. The van der Waals surface area contributed by atoms with Crippen LogP contribution in [0.2, 0.25) is 0 Å². The lowest BCUT2D eigenvalue weighted by Gasteiger charge is -2.38. The number of likely N-dealkylation sites (tertiary alicyclic amines) is 1. The van der Waals surface area contributed by atoms with Crippen molar-refractivity contribution >= 4 is 35.2 Å². The molecule has 3 fully saturated rings. The highest BCUT2D eigenvalue weighted by molar-refractivity contribution is 8.02. The van der Waals surface area contributed by atoms with E-state index in [1.54, 1.807) is 45.7 Å². The number of aryl methyl sites for hydroxylation is 2. The van der Waals surface area contributed by atoms with Crippen LogP contribution in [0.15, 0.2) is 43.5 Å². The number of hydrogen-bond donors (Lipinski definition) is 1. The molecule has 1 aromatic rings. The summed E-state index contributed by atoms with van der Waals surface area (Å²) in [5.41, 5.74) is 2.75. The first-order chi connectivity index (χ1) is 17.1. The number of aliphatic hydroxyl groups excluding tert-OH is 1. The summed E-state index contributed by atoms with van der Waals surface area (Å²) < 4.78 is -1.15. The normalized spacial score (nSPS) is 30.3. The third-order valence-electron chi connectivity index (χ3n) is 8.18. The van der Waals surface area contributed by atoms with Crippen molar-refractivity contribution in [2.75, 3.05) is 38.2 Å². The van der Waals surface area contributed by atoms with Crippen LogP contribution in [0.5, 0.6) is 0 Å². The molecule has 0 saturated carbocycles. The first kappa shape index (κ1) is 26.5. The van der Waals surface area contributed by atoms with Gasteiger partial charge in [0.05, 0.1) is 23.2 Å². The van der Waals surface area contributed by atoms with E-state index in [9.17, 15) is 19.5 Å². The van der Waals surface area contributed by atoms with Crippen molar-refractivity contribution in [3.8, 4) is 0 Å². The fourth-order valence-electron chi connectivity index (χ4n) is 6.75. The van der Waals surface area contributed by atoms with Gasteiger partial charge in [0.15, 0.2) is 0 Å². The number of β-amino-alcohol motifs (C(OH)–C–C–N with tert-alkyl or cyclic N) is 1. The maximum atomic E-state index is 14.5. The van der Waals surface area contributed by atoms with Crippen LogP contribution >= 0.6 is 11.8 Å². The summed E-state index contributed by atoms with van der Waals surface area (Å²) >= 11 is 1.64. The number of amides is 3. The van der Waals surface area contributed by atoms with E-state index in [1.807, 2.05) is 32.0 Å². The quantitative estimate of drug-likeness (QED) is 0.516. The number of thioether (sulfide) groups is 1. The Balaban J connectivity index is 1.82. The van der Waals surface area contributed by atoms with E-state index < -0.39 is 27.4 Å². The molecule has 7 nitrogen and oxygen atoms in total. The molecule has 2 bridgehead atoms. The molecule has 3 aliphatic rings. The molecule has 194 valence electrons. The number of nitrogens with zero attached hydrogens (tertiary/aromatic N) is 3. The predicted octanol–water partition coefficient (Wildman–Crippen LogP) is 2.94. The number of likely N-dealkylation sites (N-methyl/N-ethyl adjacent to an activating group) is 1. The molecule has 2 unspecified atom stereocenters. The van der Waals surface area contributed by atoms with Gasteiger partial charge < -0.3 is 19.8 Å². The van der Waals surface area contributed by atoms with Crippen LogP contribution in [0.4, 0.5) is 5.69 Å². The van der Waals surface area contributed by atoms with Gasteiger partial charge in [-0.05, 0) is 44.7 Å². The van der Waals surface area contributed by atoms with Crippen LogP contribution in [-0.4, -0.2) is 81.5 Å². The maximum absolute atomic E-state index is 14.5. The molecule has 4 rings (SSSR count). The molecule has 0 radical (unpaired) electrons. The molecule has 0 aromatic heterocycles. The fraction of sp³-hybridized carbons (Fsp3) is 0.536. The van der Waals surface area contributed by atoms with Gasteiger partial charge in [0.25, 0.3) is 5.91 Å². The Morgan fingerprint density at radius 1 is 1.17 bits per heavy atom. The fourth-order valence-corrected chi connectivity index (χ4v) is 9.09. The van der Waals surface area contributed by atoms with Crippen molar-refractivity contribution in [1.29, 1.82) is 0 Å². The minimum Gasteiger partial charge on any atom is -0.395 e. The van der Waals surface area contributed by atoms with Crippen LogP contribution in [-0.2, 0) is 14.4 Å². The number of hydrogen-bond acceptors (Lipinski definition) is 5. The summed E-state index contributed by atoms with van der Waals surface area (Å²) in [6.07, 6.45) is 4.80. The van der Waals surface area contributed by atoms with Gasteiger partial charge in [-0.15, -0.1) is 24.9 Å². The van der Waals surface area contributed by atoms with Crippen molar-refractivity contribution in [2.45, 2.75) is 49.1 Å². The van der Waals surface area contributed by atoms with Gasteiger partial charge in [0.2, 0.25) is 11.8 Å². The Morgan fingerprint density at radius 3 is 2.39 bits per heavy atom. The zero-order valence-electron chi connectivity index (χ0n) is 21.7. The second kappa shape index (κ2) is 9.71. The number of rotatable bonds is 9. The van der Waals surface area contributed by atoms with Gasteiger partial charge in [-0.3, -0.25) is 14.4 Å². The van der Waals surface area contributed by atoms with Crippen molar-refractivity contribution in [2.24, 2.45) is 11.8 Å². The highest BCUT2D eigenvalue weighted by Crippen LogP contribution is 2.71. The molecule has 3 heterocycles. The average molecular weight is 512 g/mol. The largest absolute Gasteiger partial charge is 0.395 e. The molecule has 0 aliphatic carbocycles. The minimum atomic E-state index is -0.768. The Hall–Kier alpha value is -2.58. The number of para-hydroxylation sites is 1. The van der Waals surface area contributed by atoms with Gasteiger partial charge in [-0.25, -0.2) is 0 Å². The topological polar surface area (TPSA) is 81.2 Å². The van der Waals surface area contributed by atoms with Crippen LogP contribution in [0.25, 0.3) is 0 Å². The summed E-state index contributed by atoms with van der Waals surface area (Å²) in [6.45, 7) is 14.1. The summed E-state index contributed by atoms with van der Waals surface area (Å²) in [6, 6.07) is 5.13. The number of anilines is 1. The Kier molecular flexibility index (Phi) is 7.14. The smallest absolute Gasteiger partial charge is 0.251 e. The number of carbonyl (C=O) groups excluding carboxylic acids is 3. The molecule has 1 N–H and O–H groups in total. The van der Waals surface area contributed by atoms with Crippen LogP contribution in [0, 0.1) is 25.7 Å². The summed E-state index contributed by atoms with van der Waals surface area (Å²) in [5, 5.41) is 9.88. The zero-order valence-corrected chi connectivity index (χ0v) is 22.5. The van der Waals surface area contributed by atoms with Gasteiger partial charge in [-0.1, -0.05) is 30.4 Å². The SMILES string of the molecule is C=CCN(C)C(=O)[C@@H]1[C@H]2C(=O)N(CCO)C(C(=O)N(CC=C)c3c(C)cccc3C)C23CC[C@@]1(C)S3. The highest BCUT2D eigenvalue weighted by Gasteiger charge is 2.77. The average Bonchev–Trinajstić information content (AvgIpc) is 3.39. The molecule has 8 heteroatoms. The molecular weight excluding hydrogens is 474 g/mol. The molecular formula is C28H37N3O4S. The number of fused-ring (bicyclic) bond motifs is 1. The van der Waals surface area contributed by atoms with E-state index in [-0.39, 0.29) is 30.9 Å². The second-order valence-corrected chi connectivity index (χ2v) is 12.4. The van der Waals surface area contributed by atoms with Crippen molar-refractivity contribution in [3.63, 3.8) is 0 Å². The van der Waals surface area contributed by atoms with Gasteiger partial charge in [0, 0.05) is 37.1 Å². The maximum Gasteiger partial charge on any atom is 0.251 e. The Bertz CT molecular complexity index is 1090. The first-order valence-corrected chi connectivity index (χ1v) is 13.4. The minimum absolute atomic E-state index is 0.0584. The third kappa shape index (κ3) is 3.80. The molecule has 1 spiro atoms. The predicted molar refractivity (Wildman–Crippen MR) is 144 cm³/mol. The monoisotopic (exact) mass is 511 g/mol. The van der Waals surface area contributed by atoms with Crippen LogP contribution in [0.3, 0.4) is 0 Å². The molecule has 3 saturated heterocycles. The summed E-state index contributed by atoms with van der Waals surface area (Å²) in [7, 11) is 1.73. The molecule has 5 atom stereocenters. The van der Waals surface area contributed by atoms with Crippen molar-refractivity contribution in [1.82, 2.24) is 9.80 Å². The third-order valence-corrected chi connectivity index (χ3v) is 10.2. The van der Waals surface area contributed by atoms with Crippen molar-refractivity contribution in [3.05, 3.63) is 54.6 Å². The van der Waals surface area contributed by atoms with E-state index in [1.165, 1.54) is 0 Å². The van der Waals surface area contributed by atoms with Gasteiger partial charge >= 0.3 is 0 Å². The van der Waals surface area contributed by atoms with Gasteiger partial charge in [-0.2, -0.15) is 0 Å². The summed E-state index contributed by atoms with van der Waals surface area (Å²) in [4.78, 5) is 47.0. The van der Waals surface area contributed by atoms with E-state index in [2.05, 4.69) is 20.1 Å². The van der Waals surface area contributed by atoms with Gasteiger partial charge in [0.1, 0.15) is 6.04 Å². The van der Waals surface area contributed by atoms with E-state index in [0.717, 1.165) is 23.2 Å². The molecule has 1 aromatic carbocycles. The molecule has 3 amide bonds.